The van der Waals surface area contributed by atoms with Gasteiger partial charge in [0.15, 0.2) is 0 Å². The van der Waals surface area contributed by atoms with E-state index in [0.717, 1.165) is 15.5 Å². The lowest BCUT2D eigenvalue weighted by atomic mass is 10.1. The van der Waals surface area contributed by atoms with E-state index in [4.69, 9.17) is 11.6 Å². The molecule has 0 fully saturated rings. The van der Waals surface area contributed by atoms with Crippen LogP contribution >= 0.6 is 11.6 Å². The van der Waals surface area contributed by atoms with E-state index < -0.39 is 11.1 Å². The van der Waals surface area contributed by atoms with E-state index in [9.17, 15) is 9.59 Å². The molecule has 0 radical (unpaired) electrons. The van der Waals surface area contributed by atoms with Gasteiger partial charge in [0.2, 0.25) is 5.78 Å². The molecule has 2 aromatic heterocycles. The molecule has 6 nitrogen and oxygen atoms in total. The van der Waals surface area contributed by atoms with Crippen molar-refractivity contribution < 1.29 is 0 Å². The standard InChI is InChI=1S/C20H13ClN4O2/c21-15-9-6-13(7-10-15)8-11-16-19(27)25-18(26)12-17(22-20(25)24-23-16)14-4-2-1-3-5-14/h1-12H,(H,22,24)/b11-8+. The fourth-order valence-corrected chi connectivity index (χ4v) is 2.77. The van der Waals surface area contributed by atoms with Gasteiger partial charge in [-0.3, -0.25) is 9.59 Å². The molecule has 0 aliphatic heterocycles. The third-order valence-electron chi connectivity index (χ3n) is 3.99. The van der Waals surface area contributed by atoms with Gasteiger partial charge in [-0.1, -0.05) is 60.1 Å². The van der Waals surface area contributed by atoms with E-state index in [0.29, 0.717) is 10.7 Å². The Labute approximate surface area is 158 Å². The van der Waals surface area contributed by atoms with Crippen molar-refractivity contribution in [1.82, 2.24) is 19.6 Å². The van der Waals surface area contributed by atoms with Gasteiger partial charge in [-0.25, -0.2) is 14.5 Å². The molecule has 1 N–H and O–H groups in total. The second-order valence-corrected chi connectivity index (χ2v) is 6.24. The average Bonchev–Trinajstić information content (AvgIpc) is 2.69. The van der Waals surface area contributed by atoms with Crippen LogP contribution in [0.4, 0.5) is 0 Å². The Morgan fingerprint density at radius 2 is 1.70 bits per heavy atom. The van der Waals surface area contributed by atoms with Gasteiger partial charge in [-0.05, 0) is 23.8 Å². The number of rotatable bonds is 3. The molecule has 0 saturated heterocycles. The SMILES string of the molecule is O=c1cc(-c2ccccc2)nc2[nH]nc(/C=C/c3ccc(Cl)cc3)c(=O)n12. The summed E-state index contributed by atoms with van der Waals surface area (Å²) in [7, 11) is 0. The second-order valence-electron chi connectivity index (χ2n) is 5.80. The fraction of sp³-hybridized carbons (Fsp3) is 0. The number of hydrogen-bond acceptors (Lipinski definition) is 4. The lowest BCUT2D eigenvalue weighted by Crippen LogP contribution is -2.30. The first-order valence-electron chi connectivity index (χ1n) is 8.13. The summed E-state index contributed by atoms with van der Waals surface area (Å²) in [5.41, 5.74) is 1.21. The van der Waals surface area contributed by atoms with E-state index in [2.05, 4.69) is 15.2 Å². The van der Waals surface area contributed by atoms with Gasteiger partial charge in [-0.2, -0.15) is 5.10 Å². The van der Waals surface area contributed by atoms with Crippen molar-refractivity contribution in [2.75, 3.05) is 0 Å². The first-order chi connectivity index (χ1) is 13.1. The smallest absolute Gasteiger partial charge is 0.269 e. The number of nitrogens with one attached hydrogen (secondary N) is 1. The first kappa shape index (κ1) is 16.9. The Morgan fingerprint density at radius 1 is 0.963 bits per heavy atom. The summed E-state index contributed by atoms with van der Waals surface area (Å²) in [5, 5.41) is 7.35. The van der Waals surface area contributed by atoms with Crippen molar-refractivity contribution in [1.29, 1.82) is 0 Å². The molecule has 0 unspecified atom stereocenters. The van der Waals surface area contributed by atoms with E-state index in [1.165, 1.54) is 6.07 Å². The van der Waals surface area contributed by atoms with Crippen LogP contribution in [0.15, 0.2) is 70.3 Å². The van der Waals surface area contributed by atoms with Crippen molar-refractivity contribution in [3.8, 4) is 11.3 Å². The van der Waals surface area contributed by atoms with Gasteiger partial charge in [-0.15, -0.1) is 0 Å². The van der Waals surface area contributed by atoms with E-state index >= 15 is 0 Å². The Balaban J connectivity index is 1.78. The Morgan fingerprint density at radius 3 is 2.44 bits per heavy atom. The van der Waals surface area contributed by atoms with Gasteiger partial charge in [0, 0.05) is 16.7 Å². The topological polar surface area (TPSA) is 80.1 Å². The molecule has 0 atom stereocenters. The number of benzene rings is 2. The maximum atomic E-state index is 12.6. The summed E-state index contributed by atoms with van der Waals surface area (Å²) in [4.78, 5) is 29.5. The van der Waals surface area contributed by atoms with Gasteiger partial charge in [0.25, 0.3) is 11.1 Å². The number of fused-ring (bicyclic) bond motifs is 1. The highest BCUT2D eigenvalue weighted by atomic mass is 35.5. The minimum atomic E-state index is -0.536. The molecule has 4 aromatic rings. The van der Waals surface area contributed by atoms with Gasteiger partial charge >= 0.3 is 0 Å². The van der Waals surface area contributed by atoms with Crippen molar-refractivity contribution >= 4 is 29.5 Å². The van der Waals surface area contributed by atoms with Crippen LogP contribution < -0.4 is 11.1 Å². The summed E-state index contributed by atoms with van der Waals surface area (Å²) in [5.74, 6) is 0.0926. The normalized spacial score (nSPS) is 11.3. The van der Waals surface area contributed by atoms with Crippen LogP contribution in [0, 0.1) is 0 Å². The third-order valence-corrected chi connectivity index (χ3v) is 4.24. The highest BCUT2D eigenvalue weighted by Gasteiger charge is 2.10. The number of aromatic nitrogens is 4. The predicted molar refractivity (Wildman–Crippen MR) is 106 cm³/mol. The first-order valence-corrected chi connectivity index (χ1v) is 8.51. The zero-order valence-corrected chi connectivity index (χ0v) is 14.7. The molecule has 4 rings (SSSR count). The number of halogens is 1. The van der Waals surface area contributed by atoms with Crippen molar-refractivity contribution in [3.05, 3.63) is 97.7 Å². The molecule has 0 spiro atoms. The molecule has 0 bridgehead atoms. The molecule has 0 amide bonds. The number of hydrogen-bond donors (Lipinski definition) is 1. The predicted octanol–water partition coefficient (Wildman–Crippen LogP) is 3.27. The zero-order chi connectivity index (χ0) is 18.8. The van der Waals surface area contributed by atoms with Crippen molar-refractivity contribution in [3.63, 3.8) is 0 Å². The molecule has 0 aliphatic carbocycles. The zero-order valence-electron chi connectivity index (χ0n) is 14.0. The monoisotopic (exact) mass is 376 g/mol. The molecule has 7 heteroatoms. The largest absolute Gasteiger partial charge is 0.288 e. The number of nitrogens with zero attached hydrogens (tertiary/aromatic N) is 3. The fourth-order valence-electron chi connectivity index (χ4n) is 2.64. The van der Waals surface area contributed by atoms with Crippen LogP contribution in [0.2, 0.25) is 5.02 Å². The summed E-state index contributed by atoms with van der Waals surface area (Å²) in [6.45, 7) is 0. The highest BCUT2D eigenvalue weighted by molar-refractivity contribution is 6.30. The molecular formula is C20H13ClN4O2. The Bertz CT molecular complexity index is 1260. The second kappa shape index (κ2) is 7.01. The third kappa shape index (κ3) is 3.43. The maximum absolute atomic E-state index is 12.6. The van der Waals surface area contributed by atoms with Crippen LogP contribution in [0.1, 0.15) is 11.3 Å². The molecule has 2 heterocycles. The van der Waals surface area contributed by atoms with Crippen LogP contribution in [0.3, 0.4) is 0 Å². The quantitative estimate of drug-likeness (QED) is 0.595. The van der Waals surface area contributed by atoms with E-state index in [1.54, 1.807) is 24.3 Å². The molecule has 2 aromatic carbocycles. The summed E-state index contributed by atoms with van der Waals surface area (Å²) in [6, 6.07) is 17.7. The van der Waals surface area contributed by atoms with Crippen molar-refractivity contribution in [2.24, 2.45) is 0 Å². The number of H-pyrrole nitrogens is 1. The van der Waals surface area contributed by atoms with Crippen LogP contribution in [0.5, 0.6) is 0 Å². The minimum absolute atomic E-state index is 0.0926. The molecular weight excluding hydrogens is 364 g/mol. The minimum Gasteiger partial charge on any atom is -0.269 e. The highest BCUT2D eigenvalue weighted by Crippen LogP contribution is 2.14. The molecule has 0 aliphatic rings. The summed E-state index contributed by atoms with van der Waals surface area (Å²) >= 11 is 5.86. The van der Waals surface area contributed by atoms with Gasteiger partial charge < -0.3 is 0 Å². The van der Waals surface area contributed by atoms with Gasteiger partial charge in [0.05, 0.1) is 5.69 Å². The van der Waals surface area contributed by atoms with Gasteiger partial charge in [0.1, 0.15) is 5.69 Å². The summed E-state index contributed by atoms with van der Waals surface area (Å²) in [6.07, 6.45) is 3.26. The lowest BCUT2D eigenvalue weighted by Gasteiger charge is -2.04. The van der Waals surface area contributed by atoms with E-state index in [1.807, 2.05) is 42.5 Å². The number of aromatic amines is 1. The maximum Gasteiger partial charge on any atom is 0.288 e. The Hall–Kier alpha value is -3.51. The van der Waals surface area contributed by atoms with Crippen molar-refractivity contribution in [2.45, 2.75) is 0 Å². The van der Waals surface area contributed by atoms with Crippen LogP contribution in [-0.2, 0) is 0 Å². The average molecular weight is 377 g/mol. The summed E-state index contributed by atoms with van der Waals surface area (Å²) < 4.78 is 0.973. The van der Waals surface area contributed by atoms with Crippen LogP contribution in [0.25, 0.3) is 29.2 Å². The van der Waals surface area contributed by atoms with E-state index in [-0.39, 0.29) is 11.5 Å². The molecule has 0 saturated carbocycles. The molecule has 27 heavy (non-hydrogen) atoms. The molecule has 132 valence electrons. The lowest BCUT2D eigenvalue weighted by molar-refractivity contribution is 0.873. The Kier molecular flexibility index (Phi) is 4.40. The van der Waals surface area contributed by atoms with Crippen LogP contribution in [-0.4, -0.2) is 19.6 Å².